The number of rotatable bonds is 7. The summed E-state index contributed by atoms with van der Waals surface area (Å²) in [5, 5.41) is 2.86. The van der Waals surface area contributed by atoms with Crippen LogP contribution in [0.4, 0.5) is 17.1 Å². The van der Waals surface area contributed by atoms with E-state index in [4.69, 9.17) is 9.47 Å². The fourth-order valence-electron chi connectivity index (χ4n) is 4.04. The number of benzene rings is 2. The summed E-state index contributed by atoms with van der Waals surface area (Å²) in [5.41, 5.74) is 2.67. The zero-order chi connectivity index (χ0) is 23.4. The Balaban J connectivity index is 1.47. The van der Waals surface area contributed by atoms with Crippen LogP contribution in [0.25, 0.3) is 0 Å². The number of amides is 2. The first-order valence-electron chi connectivity index (χ1n) is 11.3. The van der Waals surface area contributed by atoms with E-state index >= 15 is 0 Å². The zero-order valence-electron chi connectivity index (χ0n) is 19.0. The Hall–Kier alpha value is -3.39. The number of ether oxygens (including phenoxy) is 2. The van der Waals surface area contributed by atoms with E-state index in [1.54, 1.807) is 25.1 Å². The maximum Gasteiger partial charge on any atom is 0.268 e. The largest absolute Gasteiger partial charge is 0.479 e. The summed E-state index contributed by atoms with van der Waals surface area (Å²) >= 11 is 0. The van der Waals surface area contributed by atoms with Crippen molar-refractivity contribution in [1.29, 1.82) is 0 Å². The molecule has 2 heterocycles. The van der Waals surface area contributed by atoms with E-state index in [-0.39, 0.29) is 24.1 Å². The number of morpholine rings is 1. The zero-order valence-corrected chi connectivity index (χ0v) is 19.0. The summed E-state index contributed by atoms with van der Waals surface area (Å²) in [4.78, 5) is 41.6. The summed E-state index contributed by atoms with van der Waals surface area (Å²) < 4.78 is 11.1. The molecule has 8 nitrogen and oxygen atoms in total. The van der Waals surface area contributed by atoms with Crippen LogP contribution < -0.4 is 19.9 Å². The Kier molecular flexibility index (Phi) is 6.93. The van der Waals surface area contributed by atoms with E-state index in [0.717, 1.165) is 25.2 Å². The number of carbonyl (C=O) groups excluding carboxylic acids is 3. The third-order valence-corrected chi connectivity index (χ3v) is 5.80. The Bertz CT molecular complexity index is 1030. The number of hydrogen-bond donors (Lipinski definition) is 1. The van der Waals surface area contributed by atoms with E-state index in [1.165, 1.54) is 4.90 Å². The Morgan fingerprint density at radius 2 is 1.82 bits per heavy atom. The third kappa shape index (κ3) is 5.17. The molecule has 2 aliphatic rings. The van der Waals surface area contributed by atoms with Crippen molar-refractivity contribution in [2.24, 2.45) is 0 Å². The number of Topliss-reactive ketones (excluding diaryl/α,β-unsaturated/α-hetero) is 1. The molecule has 0 bridgehead atoms. The van der Waals surface area contributed by atoms with Gasteiger partial charge in [0.05, 0.1) is 18.9 Å². The maximum atomic E-state index is 12.8. The molecule has 33 heavy (non-hydrogen) atoms. The molecular formula is C25H29N3O5. The molecule has 0 radical (unpaired) electrons. The molecule has 1 saturated heterocycles. The molecule has 4 rings (SSSR count). The smallest absolute Gasteiger partial charge is 0.268 e. The van der Waals surface area contributed by atoms with Gasteiger partial charge >= 0.3 is 0 Å². The second-order valence-corrected chi connectivity index (χ2v) is 8.23. The van der Waals surface area contributed by atoms with E-state index < -0.39 is 6.10 Å². The van der Waals surface area contributed by atoms with Crippen LogP contribution >= 0.6 is 0 Å². The van der Waals surface area contributed by atoms with Crippen molar-refractivity contribution in [1.82, 2.24) is 0 Å². The Morgan fingerprint density at radius 3 is 2.52 bits per heavy atom. The van der Waals surface area contributed by atoms with Gasteiger partial charge in [-0.05, 0) is 55.8 Å². The first-order chi connectivity index (χ1) is 16.0. The van der Waals surface area contributed by atoms with Crippen LogP contribution in [0.3, 0.4) is 0 Å². The van der Waals surface area contributed by atoms with Crippen molar-refractivity contribution >= 4 is 34.7 Å². The number of nitrogens with one attached hydrogen (secondary N) is 1. The fraction of sp³-hybridized carbons (Fsp3) is 0.400. The molecule has 2 aliphatic heterocycles. The normalized spacial score (nSPS) is 17.9. The quantitative estimate of drug-likeness (QED) is 0.650. The van der Waals surface area contributed by atoms with Crippen molar-refractivity contribution in [3.8, 4) is 5.75 Å². The second-order valence-electron chi connectivity index (χ2n) is 8.23. The van der Waals surface area contributed by atoms with Crippen molar-refractivity contribution in [3.05, 3.63) is 48.0 Å². The van der Waals surface area contributed by atoms with Gasteiger partial charge in [0.25, 0.3) is 5.91 Å². The SMILES string of the molecule is CCCC(=O)c1ccc2c(c1)N(CC(=O)Nc1ccc(N3CCOCC3)cc1)C(=O)C(C)O2. The first kappa shape index (κ1) is 22.8. The maximum absolute atomic E-state index is 12.8. The molecule has 0 aromatic heterocycles. The van der Waals surface area contributed by atoms with Gasteiger partial charge in [0, 0.05) is 36.4 Å². The molecular weight excluding hydrogens is 422 g/mol. The topological polar surface area (TPSA) is 88.2 Å². The van der Waals surface area contributed by atoms with Gasteiger partial charge in [-0.25, -0.2) is 0 Å². The summed E-state index contributed by atoms with van der Waals surface area (Å²) in [6.45, 7) is 6.51. The highest BCUT2D eigenvalue weighted by Crippen LogP contribution is 2.35. The summed E-state index contributed by atoms with van der Waals surface area (Å²) in [6.07, 6.45) is 0.444. The highest BCUT2D eigenvalue weighted by molar-refractivity contribution is 6.07. The molecule has 0 aliphatic carbocycles. The third-order valence-electron chi connectivity index (χ3n) is 5.80. The van der Waals surface area contributed by atoms with Crippen LogP contribution in [0.15, 0.2) is 42.5 Å². The van der Waals surface area contributed by atoms with Crippen molar-refractivity contribution < 1.29 is 23.9 Å². The first-order valence-corrected chi connectivity index (χ1v) is 11.3. The molecule has 8 heteroatoms. The second kappa shape index (κ2) is 10.0. The Morgan fingerprint density at radius 1 is 1.09 bits per heavy atom. The van der Waals surface area contributed by atoms with Crippen molar-refractivity contribution in [2.45, 2.75) is 32.8 Å². The number of fused-ring (bicyclic) bond motifs is 1. The summed E-state index contributed by atoms with van der Waals surface area (Å²) in [6, 6.07) is 12.7. The van der Waals surface area contributed by atoms with Gasteiger partial charge in [-0.2, -0.15) is 0 Å². The molecule has 0 saturated carbocycles. The van der Waals surface area contributed by atoms with E-state index in [9.17, 15) is 14.4 Å². The minimum Gasteiger partial charge on any atom is -0.479 e. The van der Waals surface area contributed by atoms with Gasteiger partial charge in [-0.1, -0.05) is 6.92 Å². The van der Waals surface area contributed by atoms with Crippen molar-refractivity contribution in [3.63, 3.8) is 0 Å². The molecule has 1 unspecified atom stereocenters. The minimum absolute atomic E-state index is 0.00358. The van der Waals surface area contributed by atoms with E-state index in [2.05, 4.69) is 10.2 Å². The lowest BCUT2D eigenvalue weighted by Crippen LogP contribution is -2.47. The highest BCUT2D eigenvalue weighted by atomic mass is 16.5. The van der Waals surface area contributed by atoms with Crippen LogP contribution in [-0.2, 0) is 14.3 Å². The lowest BCUT2D eigenvalue weighted by molar-refractivity contribution is -0.127. The molecule has 1 atom stereocenters. The van der Waals surface area contributed by atoms with Crippen LogP contribution in [0.5, 0.6) is 5.75 Å². The number of nitrogens with zero attached hydrogens (tertiary/aromatic N) is 2. The van der Waals surface area contributed by atoms with Crippen LogP contribution in [0, 0.1) is 0 Å². The minimum atomic E-state index is -0.713. The molecule has 1 fully saturated rings. The lowest BCUT2D eigenvalue weighted by atomic mass is 10.0. The van der Waals surface area contributed by atoms with E-state index in [0.29, 0.717) is 42.3 Å². The molecule has 1 N–H and O–H groups in total. The predicted molar refractivity (Wildman–Crippen MR) is 126 cm³/mol. The van der Waals surface area contributed by atoms with Gasteiger partial charge < -0.3 is 19.7 Å². The van der Waals surface area contributed by atoms with Crippen molar-refractivity contribution in [2.75, 3.05) is 48.0 Å². The monoisotopic (exact) mass is 451 g/mol. The average Bonchev–Trinajstić information content (AvgIpc) is 2.83. The fourth-order valence-corrected chi connectivity index (χ4v) is 4.04. The van der Waals surface area contributed by atoms with E-state index in [1.807, 2.05) is 31.2 Å². The van der Waals surface area contributed by atoms with Gasteiger partial charge in [-0.3, -0.25) is 19.3 Å². The number of carbonyl (C=O) groups is 3. The number of anilines is 3. The highest BCUT2D eigenvalue weighted by Gasteiger charge is 2.33. The van der Waals surface area contributed by atoms with Crippen LogP contribution in [0.2, 0.25) is 0 Å². The number of ketones is 1. The van der Waals surface area contributed by atoms with Gasteiger partial charge in [0.1, 0.15) is 12.3 Å². The molecule has 2 aromatic rings. The number of hydrogen-bond acceptors (Lipinski definition) is 6. The molecule has 0 spiro atoms. The molecule has 174 valence electrons. The molecule has 2 amide bonds. The lowest BCUT2D eigenvalue weighted by Gasteiger charge is -2.33. The summed E-state index contributed by atoms with van der Waals surface area (Å²) in [7, 11) is 0. The van der Waals surface area contributed by atoms with Crippen LogP contribution in [-0.4, -0.2) is 56.5 Å². The van der Waals surface area contributed by atoms with Crippen LogP contribution in [0.1, 0.15) is 37.0 Å². The van der Waals surface area contributed by atoms with Gasteiger partial charge in [0.15, 0.2) is 11.9 Å². The standard InChI is InChI=1S/C25H29N3O5/c1-3-4-22(29)18-5-10-23-21(15-18)28(25(31)17(2)33-23)16-24(30)26-19-6-8-20(9-7-19)27-11-13-32-14-12-27/h5-10,15,17H,3-4,11-14,16H2,1-2H3,(H,26,30). The summed E-state index contributed by atoms with van der Waals surface area (Å²) in [5.74, 6) is -0.165. The molecule has 2 aromatic carbocycles. The van der Waals surface area contributed by atoms with Gasteiger partial charge in [-0.15, -0.1) is 0 Å². The average molecular weight is 452 g/mol. The predicted octanol–water partition coefficient (Wildman–Crippen LogP) is 3.26. The van der Waals surface area contributed by atoms with Gasteiger partial charge in [0.2, 0.25) is 5.91 Å². The Labute approximate surface area is 193 Å².